The molecule has 0 unspecified atom stereocenters. The minimum Gasteiger partial charge on any atom is -0.370 e. The Bertz CT molecular complexity index is 628. The average molecular weight is 297 g/mol. The molecule has 1 fully saturated rings. The van der Waals surface area contributed by atoms with Crippen molar-refractivity contribution in [2.45, 2.75) is 38.4 Å². The van der Waals surface area contributed by atoms with Crippen LogP contribution in [0.4, 0.5) is 0 Å². The van der Waals surface area contributed by atoms with Crippen LogP contribution in [0.25, 0.3) is 0 Å². The van der Waals surface area contributed by atoms with Gasteiger partial charge in [-0.25, -0.2) is 9.98 Å². The average Bonchev–Trinajstić information content (AvgIpc) is 3.30. The van der Waals surface area contributed by atoms with E-state index in [0.29, 0.717) is 18.5 Å². The number of nitrogens with zero attached hydrogens (tertiary/aromatic N) is 4. The number of hydrogen-bond acceptors (Lipinski definition) is 2. The smallest absolute Gasteiger partial charge is 0.191 e. The quantitative estimate of drug-likeness (QED) is 0.655. The molecule has 1 aromatic carbocycles. The summed E-state index contributed by atoms with van der Waals surface area (Å²) in [5.74, 6) is 1.57. The van der Waals surface area contributed by atoms with Crippen LogP contribution >= 0.6 is 0 Å². The molecule has 1 aliphatic carbocycles. The highest BCUT2D eigenvalue weighted by molar-refractivity contribution is 5.78. The number of hydrogen-bond donors (Lipinski definition) is 1. The SMILES string of the molecule is CN(C(N)=NCc1nccn1CCc1ccccc1)C1CC1. The van der Waals surface area contributed by atoms with Gasteiger partial charge >= 0.3 is 0 Å². The second-order valence-corrected chi connectivity index (χ2v) is 5.79. The van der Waals surface area contributed by atoms with Crippen LogP contribution < -0.4 is 5.73 Å². The Hall–Kier alpha value is -2.30. The third-order valence-corrected chi connectivity index (χ3v) is 4.12. The van der Waals surface area contributed by atoms with Gasteiger partial charge in [0.2, 0.25) is 0 Å². The van der Waals surface area contributed by atoms with Crippen molar-refractivity contribution in [2.75, 3.05) is 7.05 Å². The lowest BCUT2D eigenvalue weighted by Gasteiger charge is -2.16. The van der Waals surface area contributed by atoms with Gasteiger partial charge < -0.3 is 15.2 Å². The molecule has 2 N–H and O–H groups in total. The molecule has 22 heavy (non-hydrogen) atoms. The summed E-state index contributed by atoms with van der Waals surface area (Å²) in [6, 6.07) is 11.1. The van der Waals surface area contributed by atoms with Crippen LogP contribution in [0.15, 0.2) is 47.7 Å². The summed E-state index contributed by atoms with van der Waals surface area (Å²) in [4.78, 5) is 10.9. The fraction of sp³-hybridized carbons (Fsp3) is 0.412. The number of imidazole rings is 1. The van der Waals surface area contributed by atoms with Gasteiger partial charge in [0.15, 0.2) is 5.96 Å². The number of rotatable bonds is 6. The molecular formula is C17H23N5. The summed E-state index contributed by atoms with van der Waals surface area (Å²) in [6.07, 6.45) is 7.27. The minimum atomic E-state index is 0.532. The lowest BCUT2D eigenvalue weighted by atomic mass is 10.1. The molecule has 0 spiro atoms. The maximum Gasteiger partial charge on any atom is 0.191 e. The Kier molecular flexibility index (Phi) is 4.42. The number of aryl methyl sites for hydroxylation is 2. The normalized spacial score (nSPS) is 15.0. The molecule has 3 rings (SSSR count). The Morgan fingerprint density at radius 2 is 2.14 bits per heavy atom. The van der Waals surface area contributed by atoms with E-state index in [1.165, 1.54) is 18.4 Å². The van der Waals surface area contributed by atoms with E-state index < -0.39 is 0 Å². The van der Waals surface area contributed by atoms with E-state index >= 15 is 0 Å². The fourth-order valence-corrected chi connectivity index (χ4v) is 2.50. The summed E-state index contributed by atoms with van der Waals surface area (Å²) in [7, 11) is 2.01. The van der Waals surface area contributed by atoms with Gasteiger partial charge in [0.25, 0.3) is 0 Å². The Balaban J connectivity index is 1.58. The van der Waals surface area contributed by atoms with Gasteiger partial charge in [-0.1, -0.05) is 30.3 Å². The molecule has 0 bridgehead atoms. The van der Waals surface area contributed by atoms with Crippen molar-refractivity contribution in [3.8, 4) is 0 Å². The van der Waals surface area contributed by atoms with Crippen LogP contribution in [0.3, 0.4) is 0 Å². The van der Waals surface area contributed by atoms with E-state index in [9.17, 15) is 0 Å². The molecule has 2 aromatic rings. The number of aliphatic imine (C=N–C) groups is 1. The number of aromatic nitrogens is 2. The van der Waals surface area contributed by atoms with Crippen molar-refractivity contribution in [3.05, 3.63) is 54.1 Å². The highest BCUT2D eigenvalue weighted by Gasteiger charge is 2.27. The molecule has 0 radical (unpaired) electrons. The molecule has 1 saturated carbocycles. The van der Waals surface area contributed by atoms with Crippen LogP contribution in [-0.4, -0.2) is 33.5 Å². The third kappa shape index (κ3) is 3.67. The Morgan fingerprint density at radius 3 is 2.86 bits per heavy atom. The molecule has 0 aliphatic heterocycles. The highest BCUT2D eigenvalue weighted by atomic mass is 15.3. The zero-order valence-electron chi connectivity index (χ0n) is 13.0. The second kappa shape index (κ2) is 6.64. The first-order valence-electron chi connectivity index (χ1n) is 7.80. The number of nitrogens with two attached hydrogens (primary N) is 1. The summed E-state index contributed by atoms with van der Waals surface area (Å²) in [6.45, 7) is 1.44. The monoisotopic (exact) mass is 297 g/mol. The summed E-state index contributed by atoms with van der Waals surface area (Å²) in [5.41, 5.74) is 7.36. The van der Waals surface area contributed by atoms with Crippen LogP contribution in [0, 0.1) is 0 Å². The summed E-state index contributed by atoms with van der Waals surface area (Å²) < 4.78 is 2.15. The molecule has 0 amide bonds. The van der Waals surface area contributed by atoms with Crippen LogP contribution in [0.2, 0.25) is 0 Å². The van der Waals surface area contributed by atoms with Gasteiger partial charge in [0.1, 0.15) is 12.4 Å². The van der Waals surface area contributed by atoms with Gasteiger partial charge in [-0.2, -0.15) is 0 Å². The first-order valence-corrected chi connectivity index (χ1v) is 7.80. The van der Waals surface area contributed by atoms with E-state index in [1.807, 2.05) is 25.5 Å². The molecule has 1 aromatic heterocycles. The zero-order valence-corrected chi connectivity index (χ0v) is 13.0. The molecule has 0 saturated heterocycles. The van der Waals surface area contributed by atoms with Crippen molar-refractivity contribution < 1.29 is 0 Å². The van der Waals surface area contributed by atoms with E-state index in [4.69, 9.17) is 5.73 Å². The molecule has 5 nitrogen and oxygen atoms in total. The van der Waals surface area contributed by atoms with Crippen LogP contribution in [0.5, 0.6) is 0 Å². The maximum atomic E-state index is 6.03. The number of benzene rings is 1. The van der Waals surface area contributed by atoms with E-state index in [1.54, 1.807) is 0 Å². The van der Waals surface area contributed by atoms with Gasteiger partial charge in [-0.15, -0.1) is 0 Å². The molecule has 1 aliphatic rings. The summed E-state index contributed by atoms with van der Waals surface area (Å²) in [5, 5.41) is 0. The number of guanidine groups is 1. The first kappa shape index (κ1) is 14.6. The van der Waals surface area contributed by atoms with Crippen molar-refractivity contribution in [2.24, 2.45) is 10.7 Å². The van der Waals surface area contributed by atoms with Crippen molar-refractivity contribution in [1.29, 1.82) is 0 Å². The maximum absolute atomic E-state index is 6.03. The van der Waals surface area contributed by atoms with Gasteiger partial charge in [0.05, 0.1) is 0 Å². The van der Waals surface area contributed by atoms with Crippen molar-refractivity contribution >= 4 is 5.96 Å². The molecule has 1 heterocycles. The molecule has 116 valence electrons. The minimum absolute atomic E-state index is 0.532. The van der Waals surface area contributed by atoms with Crippen LogP contribution in [0.1, 0.15) is 24.2 Å². The topological polar surface area (TPSA) is 59.4 Å². The van der Waals surface area contributed by atoms with Crippen molar-refractivity contribution in [1.82, 2.24) is 14.5 Å². The molecular weight excluding hydrogens is 274 g/mol. The fourth-order valence-electron chi connectivity index (χ4n) is 2.50. The highest BCUT2D eigenvalue weighted by Crippen LogP contribution is 2.24. The standard InChI is InChI=1S/C17H23N5/c1-21(15-7-8-15)17(18)20-13-16-19-10-12-22(16)11-9-14-5-3-2-4-6-14/h2-6,10,12,15H,7-9,11,13H2,1H3,(H2,18,20). The second-order valence-electron chi connectivity index (χ2n) is 5.79. The Morgan fingerprint density at radius 1 is 1.36 bits per heavy atom. The largest absolute Gasteiger partial charge is 0.370 e. The van der Waals surface area contributed by atoms with E-state index in [2.05, 4.69) is 43.7 Å². The third-order valence-electron chi connectivity index (χ3n) is 4.12. The van der Waals surface area contributed by atoms with E-state index in [-0.39, 0.29) is 0 Å². The van der Waals surface area contributed by atoms with Crippen molar-refractivity contribution in [3.63, 3.8) is 0 Å². The lowest BCUT2D eigenvalue weighted by Crippen LogP contribution is -2.35. The van der Waals surface area contributed by atoms with E-state index in [0.717, 1.165) is 18.8 Å². The first-order chi connectivity index (χ1) is 10.7. The Labute approximate surface area is 131 Å². The molecule has 0 atom stereocenters. The summed E-state index contributed by atoms with van der Waals surface area (Å²) >= 11 is 0. The molecule has 5 heteroatoms. The lowest BCUT2D eigenvalue weighted by molar-refractivity contribution is 0.486. The van der Waals surface area contributed by atoms with Gasteiger partial charge in [0, 0.05) is 32.0 Å². The predicted molar refractivity (Wildman–Crippen MR) is 88.5 cm³/mol. The van der Waals surface area contributed by atoms with Gasteiger partial charge in [-0.3, -0.25) is 0 Å². The zero-order chi connectivity index (χ0) is 15.4. The van der Waals surface area contributed by atoms with Gasteiger partial charge in [-0.05, 0) is 24.8 Å². The van der Waals surface area contributed by atoms with Crippen LogP contribution in [-0.2, 0) is 19.5 Å². The predicted octanol–water partition coefficient (Wildman–Crippen LogP) is 2.03.